The Balaban J connectivity index is 2.04. The van der Waals surface area contributed by atoms with Gasteiger partial charge in [-0.2, -0.15) is 11.8 Å². The SMILES string of the molecule is CSCC(C)NC(=O)c1sc(N2CCNCC2)nc1N. The molecule has 0 spiro atoms. The molecule has 0 saturated carbocycles. The second-order valence-corrected chi connectivity index (χ2v) is 6.67. The van der Waals surface area contributed by atoms with Crippen LogP contribution in [0.5, 0.6) is 0 Å². The molecule has 0 radical (unpaired) electrons. The Morgan fingerprint density at radius 2 is 2.30 bits per heavy atom. The zero-order valence-corrected chi connectivity index (χ0v) is 13.4. The molecule has 1 atom stereocenters. The molecule has 4 N–H and O–H groups in total. The molecule has 8 heteroatoms. The van der Waals surface area contributed by atoms with Gasteiger partial charge in [0, 0.05) is 38.0 Å². The van der Waals surface area contributed by atoms with Gasteiger partial charge in [-0.05, 0) is 13.2 Å². The third-order valence-electron chi connectivity index (χ3n) is 3.03. The second-order valence-electron chi connectivity index (χ2n) is 4.78. The smallest absolute Gasteiger partial charge is 0.265 e. The lowest BCUT2D eigenvalue weighted by Gasteiger charge is -2.26. The van der Waals surface area contributed by atoms with Crippen molar-refractivity contribution in [1.29, 1.82) is 0 Å². The van der Waals surface area contributed by atoms with Gasteiger partial charge in [-0.1, -0.05) is 11.3 Å². The average Bonchev–Trinajstić information content (AvgIpc) is 2.82. The van der Waals surface area contributed by atoms with Crippen LogP contribution in [0.15, 0.2) is 0 Å². The average molecular weight is 315 g/mol. The maximum Gasteiger partial charge on any atom is 0.265 e. The van der Waals surface area contributed by atoms with Crippen molar-refractivity contribution in [2.45, 2.75) is 13.0 Å². The minimum absolute atomic E-state index is 0.122. The summed E-state index contributed by atoms with van der Waals surface area (Å²) >= 11 is 3.08. The van der Waals surface area contributed by atoms with E-state index in [1.165, 1.54) is 11.3 Å². The van der Waals surface area contributed by atoms with Crippen molar-refractivity contribution in [2.24, 2.45) is 0 Å². The Morgan fingerprint density at radius 1 is 1.60 bits per heavy atom. The minimum Gasteiger partial charge on any atom is -0.382 e. The molecule has 1 amide bonds. The molecular formula is C12H21N5OS2. The Hall–Kier alpha value is -0.990. The quantitative estimate of drug-likeness (QED) is 0.739. The van der Waals surface area contributed by atoms with Crippen molar-refractivity contribution in [1.82, 2.24) is 15.6 Å². The van der Waals surface area contributed by atoms with Crippen molar-refractivity contribution in [3.8, 4) is 0 Å². The molecule has 2 heterocycles. The molecule has 112 valence electrons. The second kappa shape index (κ2) is 7.14. The van der Waals surface area contributed by atoms with Crippen LogP contribution in [-0.2, 0) is 0 Å². The first kappa shape index (κ1) is 15.4. The van der Waals surface area contributed by atoms with Crippen molar-refractivity contribution in [3.63, 3.8) is 0 Å². The van der Waals surface area contributed by atoms with Gasteiger partial charge >= 0.3 is 0 Å². The molecule has 1 aliphatic heterocycles. The number of hydrogen-bond donors (Lipinski definition) is 3. The Kier molecular flexibility index (Phi) is 5.50. The molecule has 0 aromatic carbocycles. The van der Waals surface area contributed by atoms with Gasteiger partial charge in [0.15, 0.2) is 5.13 Å². The number of nitrogens with one attached hydrogen (secondary N) is 2. The number of aromatic nitrogens is 1. The van der Waals surface area contributed by atoms with E-state index in [4.69, 9.17) is 5.73 Å². The van der Waals surface area contributed by atoms with Gasteiger partial charge in [0.1, 0.15) is 10.7 Å². The summed E-state index contributed by atoms with van der Waals surface area (Å²) in [6, 6.07) is 0.127. The number of anilines is 2. The number of thioether (sulfide) groups is 1. The number of rotatable bonds is 5. The lowest BCUT2D eigenvalue weighted by Crippen LogP contribution is -2.43. The molecule has 1 saturated heterocycles. The predicted molar refractivity (Wildman–Crippen MR) is 86.9 cm³/mol. The summed E-state index contributed by atoms with van der Waals surface area (Å²) in [6.45, 7) is 5.66. The summed E-state index contributed by atoms with van der Waals surface area (Å²) in [5.74, 6) is 1.09. The van der Waals surface area contributed by atoms with E-state index in [0.717, 1.165) is 37.1 Å². The zero-order valence-electron chi connectivity index (χ0n) is 11.8. The molecule has 1 unspecified atom stereocenters. The normalized spacial score (nSPS) is 17.0. The van der Waals surface area contributed by atoms with E-state index in [1.807, 2.05) is 13.2 Å². The lowest BCUT2D eigenvalue weighted by atomic mass is 10.3. The van der Waals surface area contributed by atoms with E-state index >= 15 is 0 Å². The van der Waals surface area contributed by atoms with Crippen molar-refractivity contribution >= 4 is 40.0 Å². The summed E-state index contributed by atoms with van der Waals surface area (Å²) in [5.41, 5.74) is 5.89. The molecule has 1 aromatic rings. The third kappa shape index (κ3) is 3.77. The Bertz CT molecular complexity index is 459. The highest BCUT2D eigenvalue weighted by molar-refractivity contribution is 7.98. The number of nitrogen functional groups attached to an aromatic ring is 1. The van der Waals surface area contributed by atoms with Gasteiger partial charge in [0.25, 0.3) is 5.91 Å². The van der Waals surface area contributed by atoms with Gasteiger partial charge in [0.2, 0.25) is 0 Å². The van der Waals surface area contributed by atoms with Crippen molar-refractivity contribution in [2.75, 3.05) is 48.8 Å². The number of nitrogens with two attached hydrogens (primary N) is 1. The first-order valence-corrected chi connectivity index (χ1v) is 8.84. The summed E-state index contributed by atoms with van der Waals surface area (Å²) in [5, 5.41) is 7.08. The number of piperazine rings is 1. The van der Waals surface area contributed by atoms with Crippen LogP contribution >= 0.6 is 23.1 Å². The highest BCUT2D eigenvalue weighted by Gasteiger charge is 2.21. The lowest BCUT2D eigenvalue weighted by molar-refractivity contribution is 0.0948. The van der Waals surface area contributed by atoms with Crippen molar-refractivity contribution < 1.29 is 4.79 Å². The van der Waals surface area contributed by atoms with Crippen LogP contribution in [-0.4, -0.2) is 55.1 Å². The van der Waals surface area contributed by atoms with E-state index in [0.29, 0.717) is 10.7 Å². The van der Waals surface area contributed by atoms with Crippen LogP contribution in [0.4, 0.5) is 10.9 Å². The minimum atomic E-state index is -0.122. The summed E-state index contributed by atoms with van der Waals surface area (Å²) < 4.78 is 0. The van der Waals surface area contributed by atoms with Crippen LogP contribution in [0.2, 0.25) is 0 Å². The van der Waals surface area contributed by atoms with Gasteiger partial charge in [-0.3, -0.25) is 4.79 Å². The van der Waals surface area contributed by atoms with Gasteiger partial charge in [-0.25, -0.2) is 4.98 Å². The molecular weight excluding hydrogens is 294 g/mol. The fraction of sp³-hybridized carbons (Fsp3) is 0.667. The summed E-state index contributed by atoms with van der Waals surface area (Å²) in [7, 11) is 0. The summed E-state index contributed by atoms with van der Waals surface area (Å²) in [6.07, 6.45) is 2.02. The van der Waals surface area contributed by atoms with E-state index in [9.17, 15) is 4.79 Å². The van der Waals surface area contributed by atoms with Crippen LogP contribution < -0.4 is 21.3 Å². The molecule has 2 rings (SSSR count). The zero-order chi connectivity index (χ0) is 14.5. The summed E-state index contributed by atoms with van der Waals surface area (Å²) in [4.78, 5) is 19.2. The molecule has 1 fully saturated rings. The highest BCUT2D eigenvalue weighted by Crippen LogP contribution is 2.28. The van der Waals surface area contributed by atoms with Crippen LogP contribution in [0.25, 0.3) is 0 Å². The Labute approximate surface area is 127 Å². The van der Waals surface area contributed by atoms with Gasteiger partial charge < -0.3 is 21.3 Å². The maximum atomic E-state index is 12.2. The van der Waals surface area contributed by atoms with E-state index < -0.39 is 0 Å². The van der Waals surface area contributed by atoms with Crippen LogP contribution in [0, 0.1) is 0 Å². The number of amides is 1. The van der Waals surface area contributed by atoms with Crippen LogP contribution in [0.3, 0.4) is 0 Å². The highest BCUT2D eigenvalue weighted by atomic mass is 32.2. The van der Waals surface area contributed by atoms with Gasteiger partial charge in [0.05, 0.1) is 0 Å². The fourth-order valence-electron chi connectivity index (χ4n) is 2.06. The number of carbonyl (C=O) groups is 1. The molecule has 1 aromatic heterocycles. The topological polar surface area (TPSA) is 83.3 Å². The maximum absolute atomic E-state index is 12.2. The monoisotopic (exact) mass is 315 g/mol. The predicted octanol–water partition coefficient (Wildman–Crippen LogP) is 0.616. The molecule has 0 aliphatic carbocycles. The van der Waals surface area contributed by atoms with E-state index in [-0.39, 0.29) is 11.9 Å². The standard InChI is InChI=1S/C12H21N5OS2/c1-8(7-19-2)15-11(18)9-10(13)16-12(20-9)17-5-3-14-4-6-17/h8,14H,3-7,13H2,1-2H3,(H,15,18). The number of thiazole rings is 1. The number of hydrogen-bond acceptors (Lipinski definition) is 7. The number of carbonyl (C=O) groups excluding carboxylic acids is 1. The van der Waals surface area contributed by atoms with Crippen molar-refractivity contribution in [3.05, 3.63) is 4.88 Å². The number of nitrogens with zero attached hydrogens (tertiary/aromatic N) is 2. The largest absolute Gasteiger partial charge is 0.382 e. The molecule has 6 nitrogen and oxygen atoms in total. The first-order chi connectivity index (χ1) is 9.61. The molecule has 20 heavy (non-hydrogen) atoms. The Morgan fingerprint density at radius 3 is 2.95 bits per heavy atom. The van der Waals surface area contributed by atoms with Gasteiger partial charge in [-0.15, -0.1) is 0 Å². The fourth-order valence-corrected chi connectivity index (χ4v) is 3.58. The van der Waals surface area contributed by atoms with E-state index in [1.54, 1.807) is 11.8 Å². The molecule has 0 bridgehead atoms. The first-order valence-electron chi connectivity index (χ1n) is 6.63. The molecule has 1 aliphatic rings. The third-order valence-corrected chi connectivity index (χ3v) is 4.99. The van der Waals surface area contributed by atoms with Crippen LogP contribution in [0.1, 0.15) is 16.6 Å². The van der Waals surface area contributed by atoms with E-state index in [2.05, 4.69) is 20.5 Å².